The highest BCUT2D eigenvalue weighted by molar-refractivity contribution is 5.97. The van der Waals surface area contributed by atoms with E-state index in [1.165, 1.54) is 0 Å². The Balaban J connectivity index is 0.000000720. The van der Waals surface area contributed by atoms with Crippen LogP contribution in [0.2, 0.25) is 0 Å². The highest BCUT2D eigenvalue weighted by Crippen LogP contribution is 2.11. The van der Waals surface area contributed by atoms with Gasteiger partial charge in [-0.2, -0.15) is 0 Å². The first-order chi connectivity index (χ1) is 5.38. The molecule has 0 saturated carbocycles. The van der Waals surface area contributed by atoms with Gasteiger partial charge in [0.1, 0.15) is 13.3 Å². The Labute approximate surface area is 75.8 Å². The van der Waals surface area contributed by atoms with Crippen molar-refractivity contribution in [3.05, 3.63) is 11.6 Å². The molecular formula is C6H9ClN4O. The summed E-state index contributed by atoms with van der Waals surface area (Å²) in [5.41, 5.74) is 5.54. The summed E-state index contributed by atoms with van der Waals surface area (Å²) >= 11 is 0. The lowest BCUT2D eigenvalue weighted by Gasteiger charge is -2.19. The Hall–Kier alpha value is -1.23. The number of ether oxygens (including phenoxy) is 1. The summed E-state index contributed by atoms with van der Waals surface area (Å²) in [5.74, 6) is 1.68. The third-order valence-electron chi connectivity index (χ3n) is 1.47. The van der Waals surface area contributed by atoms with E-state index in [9.17, 15) is 0 Å². The molecule has 0 aromatic heterocycles. The van der Waals surface area contributed by atoms with Crippen LogP contribution < -0.4 is 11.1 Å². The van der Waals surface area contributed by atoms with Gasteiger partial charge >= 0.3 is 0 Å². The third kappa shape index (κ3) is 1.35. The van der Waals surface area contributed by atoms with Gasteiger partial charge in [-0.05, 0) is 0 Å². The van der Waals surface area contributed by atoms with E-state index in [-0.39, 0.29) is 12.4 Å². The summed E-state index contributed by atoms with van der Waals surface area (Å²) in [6.45, 7) is 0.947. The minimum absolute atomic E-state index is 0. The fourth-order valence-electron chi connectivity index (χ4n) is 0.969. The molecule has 6 heteroatoms. The quantitative estimate of drug-likeness (QED) is 0.543. The van der Waals surface area contributed by atoms with Gasteiger partial charge in [-0.3, -0.25) is 0 Å². The van der Waals surface area contributed by atoms with Crippen LogP contribution in [0, 0.1) is 0 Å². The van der Waals surface area contributed by atoms with Crippen LogP contribution >= 0.6 is 12.4 Å². The molecule has 0 fully saturated rings. The number of halogens is 1. The largest absolute Gasteiger partial charge is 0.481 e. The molecule has 2 rings (SSSR count). The van der Waals surface area contributed by atoms with E-state index in [1.807, 2.05) is 0 Å². The number of hydrogen-bond acceptors (Lipinski definition) is 5. The SMILES string of the molecule is Cl.NC1=NCNC2=C1OCC=N2. The average molecular weight is 189 g/mol. The molecule has 2 aliphatic rings. The summed E-state index contributed by atoms with van der Waals surface area (Å²) in [4.78, 5) is 8.00. The molecule has 0 radical (unpaired) electrons. The van der Waals surface area contributed by atoms with Gasteiger partial charge in [0.15, 0.2) is 11.7 Å². The summed E-state index contributed by atoms with van der Waals surface area (Å²) in [6, 6.07) is 0. The Morgan fingerprint density at radius 3 is 3.17 bits per heavy atom. The fourth-order valence-corrected chi connectivity index (χ4v) is 0.969. The van der Waals surface area contributed by atoms with Crippen molar-refractivity contribution in [2.75, 3.05) is 13.3 Å². The normalized spacial score (nSPS) is 19.8. The van der Waals surface area contributed by atoms with Crippen molar-refractivity contribution in [2.45, 2.75) is 0 Å². The molecule has 5 nitrogen and oxygen atoms in total. The molecule has 2 heterocycles. The van der Waals surface area contributed by atoms with E-state index < -0.39 is 0 Å². The van der Waals surface area contributed by atoms with E-state index >= 15 is 0 Å². The topological polar surface area (TPSA) is 72.0 Å². The molecule has 12 heavy (non-hydrogen) atoms. The van der Waals surface area contributed by atoms with Gasteiger partial charge in [0, 0.05) is 6.21 Å². The number of rotatable bonds is 0. The smallest absolute Gasteiger partial charge is 0.204 e. The lowest BCUT2D eigenvalue weighted by Crippen LogP contribution is -2.32. The predicted octanol–water partition coefficient (Wildman–Crippen LogP) is -0.404. The van der Waals surface area contributed by atoms with Gasteiger partial charge in [-0.1, -0.05) is 0 Å². The van der Waals surface area contributed by atoms with E-state index in [0.29, 0.717) is 30.7 Å². The maximum absolute atomic E-state index is 5.54. The van der Waals surface area contributed by atoms with Crippen LogP contribution in [-0.2, 0) is 4.74 Å². The lowest BCUT2D eigenvalue weighted by molar-refractivity contribution is 0.268. The minimum Gasteiger partial charge on any atom is -0.481 e. The maximum Gasteiger partial charge on any atom is 0.204 e. The Bertz CT molecular complexity index is 271. The summed E-state index contributed by atoms with van der Waals surface area (Å²) in [7, 11) is 0. The third-order valence-corrected chi connectivity index (χ3v) is 1.47. The zero-order chi connectivity index (χ0) is 7.68. The molecule has 0 atom stereocenters. The summed E-state index contributed by atoms with van der Waals surface area (Å²) in [5, 5.41) is 2.94. The van der Waals surface area contributed by atoms with Gasteiger partial charge < -0.3 is 15.8 Å². The molecule has 0 amide bonds. The van der Waals surface area contributed by atoms with Crippen molar-refractivity contribution >= 4 is 24.5 Å². The first-order valence-corrected chi connectivity index (χ1v) is 3.31. The highest BCUT2D eigenvalue weighted by atomic mass is 35.5. The van der Waals surface area contributed by atoms with E-state index in [0.717, 1.165) is 0 Å². The summed E-state index contributed by atoms with van der Waals surface area (Å²) < 4.78 is 5.21. The average Bonchev–Trinajstić information content (AvgIpc) is 2.06. The van der Waals surface area contributed by atoms with Crippen LogP contribution in [0.1, 0.15) is 0 Å². The van der Waals surface area contributed by atoms with Crippen molar-refractivity contribution in [1.29, 1.82) is 0 Å². The Morgan fingerprint density at radius 1 is 1.58 bits per heavy atom. The number of nitrogens with zero attached hydrogens (tertiary/aromatic N) is 2. The van der Waals surface area contributed by atoms with Gasteiger partial charge in [-0.25, -0.2) is 9.98 Å². The van der Waals surface area contributed by atoms with Gasteiger partial charge in [0.25, 0.3) is 0 Å². The highest BCUT2D eigenvalue weighted by Gasteiger charge is 2.17. The number of amidine groups is 1. The fraction of sp³-hybridized carbons (Fsp3) is 0.333. The predicted molar refractivity (Wildman–Crippen MR) is 48.3 cm³/mol. The molecular weight excluding hydrogens is 180 g/mol. The van der Waals surface area contributed by atoms with Crippen LogP contribution in [-0.4, -0.2) is 25.3 Å². The van der Waals surface area contributed by atoms with Crippen LogP contribution in [0.4, 0.5) is 0 Å². The lowest BCUT2D eigenvalue weighted by atomic mass is 10.4. The standard InChI is InChI=1S/C6H8N4O.ClH/c7-5-4-6(10-3-9-5)8-1-2-11-4;/h1,10H,2-3H2,(H2,7,9);1H. The Morgan fingerprint density at radius 2 is 2.42 bits per heavy atom. The van der Waals surface area contributed by atoms with Gasteiger partial charge in [0.05, 0.1) is 0 Å². The van der Waals surface area contributed by atoms with Gasteiger partial charge in [-0.15, -0.1) is 12.4 Å². The minimum atomic E-state index is 0. The van der Waals surface area contributed by atoms with Crippen molar-refractivity contribution in [1.82, 2.24) is 5.32 Å². The van der Waals surface area contributed by atoms with Crippen LogP contribution in [0.15, 0.2) is 21.6 Å². The first kappa shape index (κ1) is 8.86. The number of hydrogen-bond donors (Lipinski definition) is 2. The van der Waals surface area contributed by atoms with Crippen LogP contribution in [0.5, 0.6) is 0 Å². The second-order valence-electron chi connectivity index (χ2n) is 2.18. The van der Waals surface area contributed by atoms with Crippen molar-refractivity contribution in [3.63, 3.8) is 0 Å². The van der Waals surface area contributed by atoms with E-state index in [4.69, 9.17) is 10.5 Å². The molecule has 2 aliphatic heterocycles. The van der Waals surface area contributed by atoms with Crippen molar-refractivity contribution in [3.8, 4) is 0 Å². The maximum atomic E-state index is 5.54. The molecule has 0 saturated heterocycles. The zero-order valence-electron chi connectivity index (χ0n) is 6.28. The molecule has 0 spiro atoms. The number of nitrogens with one attached hydrogen (secondary N) is 1. The number of aliphatic imine (C=N–C) groups is 2. The van der Waals surface area contributed by atoms with Crippen LogP contribution in [0.25, 0.3) is 0 Å². The molecule has 0 aromatic rings. The molecule has 0 aliphatic carbocycles. The monoisotopic (exact) mass is 188 g/mol. The second-order valence-corrected chi connectivity index (χ2v) is 2.18. The second kappa shape index (κ2) is 3.44. The molecule has 3 N–H and O–H groups in total. The Kier molecular flexibility index (Phi) is 2.54. The van der Waals surface area contributed by atoms with E-state index in [2.05, 4.69) is 15.3 Å². The zero-order valence-corrected chi connectivity index (χ0v) is 7.10. The summed E-state index contributed by atoms with van der Waals surface area (Å²) in [6.07, 6.45) is 1.68. The number of nitrogens with two attached hydrogens (primary N) is 1. The molecule has 66 valence electrons. The van der Waals surface area contributed by atoms with Crippen molar-refractivity contribution in [2.24, 2.45) is 15.7 Å². The first-order valence-electron chi connectivity index (χ1n) is 3.31. The van der Waals surface area contributed by atoms with Gasteiger partial charge in [0.2, 0.25) is 5.76 Å². The molecule has 0 unspecified atom stereocenters. The van der Waals surface area contributed by atoms with E-state index in [1.54, 1.807) is 6.21 Å². The molecule has 0 bridgehead atoms. The van der Waals surface area contributed by atoms with Crippen LogP contribution in [0.3, 0.4) is 0 Å². The molecule has 0 aromatic carbocycles. The van der Waals surface area contributed by atoms with Crippen molar-refractivity contribution < 1.29 is 4.74 Å².